The predicted molar refractivity (Wildman–Crippen MR) is 41.3 cm³/mol. The number of halogens is 1. The molecule has 0 aromatic heterocycles. The minimum Gasteiger partial charge on any atom is -0.478 e. The zero-order valence-corrected chi connectivity index (χ0v) is 6.97. The molecule has 0 saturated heterocycles. The van der Waals surface area contributed by atoms with Crippen molar-refractivity contribution in [1.29, 1.82) is 0 Å². The van der Waals surface area contributed by atoms with Crippen molar-refractivity contribution in [2.24, 2.45) is 0 Å². The van der Waals surface area contributed by atoms with Gasteiger partial charge in [0.25, 0.3) is 0 Å². The molecule has 2 N–H and O–H groups in total. The van der Waals surface area contributed by atoms with Crippen LogP contribution in [-0.4, -0.2) is 33.5 Å². The Morgan fingerprint density at radius 2 is 2.27 bits per heavy atom. The van der Waals surface area contributed by atoms with Crippen LogP contribution >= 0.6 is 11.8 Å². The lowest BCUT2D eigenvalue weighted by molar-refractivity contribution is -0.139. The molecule has 2 atom stereocenters. The molecule has 0 aromatic rings. The maximum Gasteiger partial charge on any atom is 0.348 e. The highest BCUT2D eigenvalue weighted by molar-refractivity contribution is 8.01. The van der Waals surface area contributed by atoms with E-state index in [1.807, 2.05) is 0 Å². The Balaban J connectivity index is 3.56. The summed E-state index contributed by atoms with van der Waals surface area (Å²) >= 11 is 0.706. The molecular formula is C6H11FO3S. The number of carboxylic acids is 1. The molecule has 2 unspecified atom stereocenters. The van der Waals surface area contributed by atoms with Crippen LogP contribution in [0.4, 0.5) is 4.39 Å². The van der Waals surface area contributed by atoms with Crippen LogP contribution in [0.15, 0.2) is 0 Å². The van der Waals surface area contributed by atoms with Crippen molar-refractivity contribution in [2.45, 2.75) is 24.1 Å². The van der Waals surface area contributed by atoms with Gasteiger partial charge in [-0.2, -0.15) is 0 Å². The number of alkyl halides is 1. The summed E-state index contributed by atoms with van der Waals surface area (Å²) in [6, 6.07) is 0. The van der Waals surface area contributed by atoms with Gasteiger partial charge in [0.1, 0.15) is 0 Å². The van der Waals surface area contributed by atoms with Gasteiger partial charge in [0.15, 0.2) is 0 Å². The molecule has 0 amide bonds. The number of aliphatic hydroxyl groups is 1. The van der Waals surface area contributed by atoms with Gasteiger partial charge in [-0.1, -0.05) is 6.92 Å². The summed E-state index contributed by atoms with van der Waals surface area (Å²) in [7, 11) is 0. The lowest BCUT2D eigenvalue weighted by Crippen LogP contribution is -2.14. The van der Waals surface area contributed by atoms with Crippen molar-refractivity contribution >= 4 is 17.7 Å². The first-order valence-corrected chi connectivity index (χ1v) is 4.15. The first kappa shape index (κ1) is 10.7. The number of carbonyl (C=O) groups is 1. The van der Waals surface area contributed by atoms with E-state index >= 15 is 0 Å². The maximum atomic E-state index is 12.4. The Bertz CT molecular complexity index is 131. The number of aliphatic carboxylic acids is 1. The van der Waals surface area contributed by atoms with Gasteiger partial charge in [0.05, 0.1) is 0 Å². The fraction of sp³-hybridized carbons (Fsp3) is 0.833. The second kappa shape index (κ2) is 5.37. The Morgan fingerprint density at radius 3 is 2.64 bits per heavy atom. The summed E-state index contributed by atoms with van der Waals surface area (Å²) in [5.41, 5.74) is -1.88. The van der Waals surface area contributed by atoms with Crippen molar-refractivity contribution in [3.8, 4) is 0 Å². The zero-order valence-electron chi connectivity index (χ0n) is 6.16. The van der Waals surface area contributed by atoms with Gasteiger partial charge in [-0.3, -0.25) is 0 Å². The Hall–Kier alpha value is -0.290. The summed E-state index contributed by atoms with van der Waals surface area (Å²) in [6.07, 6.45) is 0.415. The van der Waals surface area contributed by atoms with Gasteiger partial charge < -0.3 is 10.2 Å². The number of rotatable bonds is 5. The Kier molecular flexibility index (Phi) is 5.23. The van der Waals surface area contributed by atoms with Gasteiger partial charge >= 0.3 is 5.97 Å². The first-order valence-electron chi connectivity index (χ1n) is 3.21. The molecule has 0 spiro atoms. The standard InChI is InChI=1S/C6H11FO3S/c1-4(2-3-8)11-5(7)6(9)10/h4-5,8H,2-3H2,1H3,(H,9,10). The van der Waals surface area contributed by atoms with Crippen LogP contribution in [0, 0.1) is 0 Å². The van der Waals surface area contributed by atoms with Gasteiger partial charge in [0, 0.05) is 11.9 Å². The second-order valence-corrected chi connectivity index (χ2v) is 3.60. The number of aliphatic hydroxyl groups excluding tert-OH is 1. The van der Waals surface area contributed by atoms with Crippen molar-refractivity contribution in [3.63, 3.8) is 0 Å². The molecule has 0 radical (unpaired) electrons. The van der Waals surface area contributed by atoms with Crippen LogP contribution in [0.5, 0.6) is 0 Å². The van der Waals surface area contributed by atoms with Crippen LogP contribution in [0.3, 0.4) is 0 Å². The van der Waals surface area contributed by atoms with E-state index in [2.05, 4.69) is 0 Å². The lowest BCUT2D eigenvalue weighted by Gasteiger charge is -2.09. The minimum absolute atomic E-state index is 0.0412. The minimum atomic E-state index is -1.88. The molecule has 0 aliphatic heterocycles. The number of hydrogen-bond acceptors (Lipinski definition) is 3. The molecule has 0 saturated carbocycles. The van der Waals surface area contributed by atoms with E-state index < -0.39 is 11.5 Å². The fourth-order valence-corrected chi connectivity index (χ4v) is 1.28. The molecule has 3 nitrogen and oxygen atoms in total. The largest absolute Gasteiger partial charge is 0.478 e. The summed E-state index contributed by atoms with van der Waals surface area (Å²) < 4.78 is 12.4. The Morgan fingerprint density at radius 1 is 1.73 bits per heavy atom. The number of thioether (sulfide) groups is 1. The smallest absolute Gasteiger partial charge is 0.348 e. The fourth-order valence-electron chi connectivity index (χ4n) is 0.512. The second-order valence-electron chi connectivity index (χ2n) is 2.11. The molecule has 0 fully saturated rings. The maximum absolute atomic E-state index is 12.4. The molecule has 66 valence electrons. The topological polar surface area (TPSA) is 57.5 Å². The van der Waals surface area contributed by atoms with Crippen molar-refractivity contribution in [1.82, 2.24) is 0 Å². The van der Waals surface area contributed by atoms with Crippen LogP contribution in [-0.2, 0) is 4.79 Å². The molecule has 0 rings (SSSR count). The highest BCUT2D eigenvalue weighted by Gasteiger charge is 2.18. The summed E-state index contributed by atoms with van der Waals surface area (Å²) in [5, 5.41) is 16.4. The molecule has 0 aliphatic carbocycles. The third-order valence-corrected chi connectivity index (χ3v) is 2.22. The SMILES string of the molecule is CC(CCO)SC(F)C(=O)O. The van der Waals surface area contributed by atoms with E-state index in [0.29, 0.717) is 18.2 Å². The Labute approximate surface area is 68.6 Å². The monoisotopic (exact) mass is 182 g/mol. The van der Waals surface area contributed by atoms with Crippen LogP contribution in [0.2, 0.25) is 0 Å². The predicted octanol–water partition coefficient (Wildman–Crippen LogP) is 0.871. The van der Waals surface area contributed by atoms with E-state index in [1.165, 1.54) is 0 Å². The van der Waals surface area contributed by atoms with Crippen molar-refractivity contribution < 1.29 is 19.4 Å². The zero-order chi connectivity index (χ0) is 8.85. The molecule has 5 heteroatoms. The van der Waals surface area contributed by atoms with Crippen molar-refractivity contribution in [3.05, 3.63) is 0 Å². The highest BCUT2D eigenvalue weighted by Crippen LogP contribution is 2.20. The number of hydrogen-bond donors (Lipinski definition) is 2. The van der Waals surface area contributed by atoms with Crippen LogP contribution < -0.4 is 0 Å². The third kappa shape index (κ3) is 5.03. The molecule has 11 heavy (non-hydrogen) atoms. The van der Waals surface area contributed by atoms with E-state index in [-0.39, 0.29) is 11.9 Å². The molecule has 0 aliphatic rings. The van der Waals surface area contributed by atoms with Crippen LogP contribution in [0.1, 0.15) is 13.3 Å². The van der Waals surface area contributed by atoms with Crippen molar-refractivity contribution in [2.75, 3.05) is 6.61 Å². The molecular weight excluding hydrogens is 171 g/mol. The summed E-state index contributed by atoms with van der Waals surface area (Å²) in [6.45, 7) is 1.64. The van der Waals surface area contributed by atoms with Gasteiger partial charge in [-0.25, -0.2) is 9.18 Å². The average molecular weight is 182 g/mol. The normalized spacial score (nSPS) is 15.9. The quantitative estimate of drug-likeness (QED) is 0.662. The lowest BCUT2D eigenvalue weighted by atomic mass is 10.3. The van der Waals surface area contributed by atoms with Crippen LogP contribution in [0.25, 0.3) is 0 Å². The average Bonchev–Trinajstić information content (AvgIpc) is 1.87. The van der Waals surface area contributed by atoms with Gasteiger partial charge in [-0.15, -0.1) is 11.8 Å². The van der Waals surface area contributed by atoms with E-state index in [9.17, 15) is 9.18 Å². The first-order chi connectivity index (χ1) is 5.07. The van der Waals surface area contributed by atoms with E-state index in [0.717, 1.165) is 0 Å². The van der Waals surface area contributed by atoms with Gasteiger partial charge in [0.2, 0.25) is 5.50 Å². The molecule has 0 heterocycles. The molecule has 0 aromatic carbocycles. The number of carboxylic acid groups (broad SMARTS) is 1. The molecule has 0 bridgehead atoms. The van der Waals surface area contributed by atoms with E-state index in [1.54, 1.807) is 6.92 Å². The third-order valence-electron chi connectivity index (χ3n) is 1.08. The summed E-state index contributed by atoms with van der Waals surface area (Å²) in [5.74, 6) is -1.46. The van der Waals surface area contributed by atoms with E-state index in [4.69, 9.17) is 10.2 Å². The highest BCUT2D eigenvalue weighted by atomic mass is 32.2. The summed E-state index contributed by atoms with van der Waals surface area (Å²) in [4.78, 5) is 9.98. The van der Waals surface area contributed by atoms with Gasteiger partial charge in [-0.05, 0) is 6.42 Å².